The first-order valence-corrected chi connectivity index (χ1v) is 7.89. The quantitative estimate of drug-likeness (QED) is 0.641. The van der Waals surface area contributed by atoms with E-state index in [-0.39, 0.29) is 18.1 Å². The monoisotopic (exact) mass is 324 g/mol. The van der Waals surface area contributed by atoms with Crippen LogP contribution in [0.2, 0.25) is 0 Å². The van der Waals surface area contributed by atoms with Gasteiger partial charge in [-0.1, -0.05) is 32.0 Å². The van der Waals surface area contributed by atoms with Crippen molar-refractivity contribution in [2.24, 2.45) is 10.7 Å². The van der Waals surface area contributed by atoms with Crippen molar-refractivity contribution in [3.63, 3.8) is 0 Å². The summed E-state index contributed by atoms with van der Waals surface area (Å²) < 4.78 is 13.8. The van der Waals surface area contributed by atoms with Crippen molar-refractivity contribution in [2.45, 2.75) is 32.7 Å². The van der Waals surface area contributed by atoms with Crippen LogP contribution < -0.4 is 11.1 Å². The van der Waals surface area contributed by atoms with Crippen LogP contribution in [0.15, 0.2) is 47.5 Å². The number of hydrogen-bond donors (Lipinski definition) is 2. The molecule has 124 valence electrons. The summed E-state index contributed by atoms with van der Waals surface area (Å²) in [5.74, 6) is 0.281. The molecule has 0 heterocycles. The maximum atomic E-state index is 13.8. The van der Waals surface area contributed by atoms with Crippen molar-refractivity contribution in [3.05, 3.63) is 65.0 Å². The summed E-state index contributed by atoms with van der Waals surface area (Å²) in [4.78, 5) is 4.14. The number of nitriles is 1. The zero-order valence-electron chi connectivity index (χ0n) is 13.9. The molecule has 4 nitrogen and oxygen atoms in total. The van der Waals surface area contributed by atoms with Crippen molar-refractivity contribution in [3.8, 4) is 6.07 Å². The highest BCUT2D eigenvalue weighted by atomic mass is 19.1. The summed E-state index contributed by atoms with van der Waals surface area (Å²) >= 11 is 0. The lowest BCUT2D eigenvalue weighted by Gasteiger charge is -2.11. The number of nitrogens with one attached hydrogen (secondary N) is 1. The average molecular weight is 324 g/mol. The van der Waals surface area contributed by atoms with Crippen molar-refractivity contribution in [1.29, 1.82) is 5.26 Å². The minimum Gasteiger partial charge on any atom is -0.370 e. The third-order valence-electron chi connectivity index (χ3n) is 3.97. The molecular formula is C19H21FN4. The second-order valence-corrected chi connectivity index (χ2v) is 5.68. The molecule has 0 saturated heterocycles. The number of guanidine groups is 1. The highest BCUT2D eigenvalue weighted by Gasteiger charge is 2.05. The van der Waals surface area contributed by atoms with Gasteiger partial charge in [0.15, 0.2) is 5.96 Å². The van der Waals surface area contributed by atoms with Gasteiger partial charge in [0.2, 0.25) is 0 Å². The smallest absolute Gasteiger partial charge is 0.193 e. The second kappa shape index (κ2) is 8.11. The lowest BCUT2D eigenvalue weighted by atomic mass is 9.99. The van der Waals surface area contributed by atoms with Crippen LogP contribution in [-0.4, -0.2) is 5.96 Å². The van der Waals surface area contributed by atoms with E-state index < -0.39 is 5.82 Å². The molecule has 0 radical (unpaired) electrons. The third kappa shape index (κ3) is 4.56. The summed E-state index contributed by atoms with van der Waals surface area (Å²) in [5, 5.41) is 11.7. The molecule has 2 rings (SSSR count). The van der Waals surface area contributed by atoms with E-state index in [9.17, 15) is 4.39 Å². The molecular weight excluding hydrogens is 303 g/mol. The topological polar surface area (TPSA) is 74.2 Å². The van der Waals surface area contributed by atoms with Crippen molar-refractivity contribution < 1.29 is 4.39 Å². The molecule has 0 amide bonds. The van der Waals surface area contributed by atoms with E-state index >= 15 is 0 Å². The summed E-state index contributed by atoms with van der Waals surface area (Å²) in [6.07, 6.45) is 1.09. The first-order chi connectivity index (χ1) is 11.5. The largest absolute Gasteiger partial charge is 0.370 e. The normalized spacial score (nSPS) is 12.5. The maximum absolute atomic E-state index is 13.8. The van der Waals surface area contributed by atoms with Gasteiger partial charge in [-0.05, 0) is 42.2 Å². The highest BCUT2D eigenvalue weighted by Crippen LogP contribution is 2.20. The molecule has 2 aromatic rings. The summed E-state index contributed by atoms with van der Waals surface area (Å²) in [7, 11) is 0. The van der Waals surface area contributed by atoms with E-state index in [0.29, 0.717) is 11.5 Å². The fourth-order valence-electron chi connectivity index (χ4n) is 2.23. The number of benzene rings is 2. The maximum Gasteiger partial charge on any atom is 0.193 e. The Labute approximate surface area is 141 Å². The fourth-order valence-corrected chi connectivity index (χ4v) is 2.23. The first-order valence-electron chi connectivity index (χ1n) is 7.89. The van der Waals surface area contributed by atoms with E-state index in [1.807, 2.05) is 18.2 Å². The molecule has 5 heteroatoms. The molecule has 24 heavy (non-hydrogen) atoms. The number of hydrogen-bond acceptors (Lipinski definition) is 2. The second-order valence-electron chi connectivity index (χ2n) is 5.68. The van der Waals surface area contributed by atoms with Crippen LogP contribution >= 0.6 is 0 Å². The molecule has 2 aromatic carbocycles. The van der Waals surface area contributed by atoms with Crippen LogP contribution in [0.4, 0.5) is 10.1 Å². The molecule has 0 aliphatic heterocycles. The van der Waals surface area contributed by atoms with E-state index in [1.54, 1.807) is 12.1 Å². The van der Waals surface area contributed by atoms with E-state index in [4.69, 9.17) is 11.0 Å². The molecule has 0 aromatic heterocycles. The molecule has 0 spiro atoms. The molecule has 0 fully saturated rings. The van der Waals surface area contributed by atoms with Crippen molar-refractivity contribution >= 4 is 11.6 Å². The zero-order chi connectivity index (χ0) is 17.5. The van der Waals surface area contributed by atoms with E-state index in [0.717, 1.165) is 12.1 Å². The van der Waals surface area contributed by atoms with E-state index in [2.05, 4.69) is 36.3 Å². The van der Waals surface area contributed by atoms with Crippen LogP contribution in [0, 0.1) is 17.1 Å². The first kappa shape index (κ1) is 17.5. The Morgan fingerprint density at radius 3 is 2.58 bits per heavy atom. The van der Waals surface area contributed by atoms with Gasteiger partial charge in [-0.3, -0.25) is 0 Å². The predicted octanol–water partition coefficient (Wildman–Crippen LogP) is 4.14. The summed E-state index contributed by atoms with van der Waals surface area (Å²) in [5.41, 5.74) is 8.64. The van der Waals surface area contributed by atoms with Crippen LogP contribution in [0.5, 0.6) is 0 Å². The molecule has 1 unspecified atom stereocenters. The SMILES string of the molecule is CCC(C)c1ccc(NC(N)=NCc2ccc(C#N)cc2F)cc1. The Morgan fingerprint density at radius 2 is 2.00 bits per heavy atom. The molecule has 0 bridgehead atoms. The summed E-state index contributed by atoms with van der Waals surface area (Å²) in [6, 6.07) is 14.2. The number of anilines is 1. The Balaban J connectivity index is 2.00. The lowest BCUT2D eigenvalue weighted by Crippen LogP contribution is -2.22. The summed E-state index contributed by atoms with van der Waals surface area (Å²) in [6.45, 7) is 4.45. The Bertz CT molecular complexity index is 760. The Hall–Kier alpha value is -2.87. The third-order valence-corrected chi connectivity index (χ3v) is 3.97. The van der Waals surface area contributed by atoms with Gasteiger partial charge in [0, 0.05) is 11.3 Å². The molecule has 0 aliphatic rings. The number of nitrogens with zero attached hydrogens (tertiary/aromatic N) is 2. The van der Waals surface area contributed by atoms with Gasteiger partial charge in [0.25, 0.3) is 0 Å². The van der Waals surface area contributed by atoms with E-state index in [1.165, 1.54) is 11.6 Å². The number of rotatable bonds is 5. The van der Waals surface area contributed by atoms with Crippen LogP contribution in [0.1, 0.15) is 42.9 Å². The molecule has 3 N–H and O–H groups in total. The van der Waals surface area contributed by atoms with Crippen LogP contribution in [-0.2, 0) is 6.54 Å². The van der Waals surface area contributed by atoms with Crippen molar-refractivity contribution in [2.75, 3.05) is 5.32 Å². The minimum atomic E-state index is -0.455. The van der Waals surface area contributed by atoms with Gasteiger partial charge in [-0.15, -0.1) is 0 Å². The predicted molar refractivity (Wildman–Crippen MR) is 95.2 cm³/mol. The van der Waals surface area contributed by atoms with Gasteiger partial charge in [0.1, 0.15) is 5.82 Å². The molecule has 1 atom stereocenters. The van der Waals surface area contributed by atoms with Crippen LogP contribution in [0.3, 0.4) is 0 Å². The van der Waals surface area contributed by atoms with Gasteiger partial charge < -0.3 is 11.1 Å². The Kier molecular flexibility index (Phi) is 5.91. The highest BCUT2D eigenvalue weighted by molar-refractivity contribution is 5.92. The van der Waals surface area contributed by atoms with Gasteiger partial charge >= 0.3 is 0 Å². The van der Waals surface area contributed by atoms with Crippen molar-refractivity contribution in [1.82, 2.24) is 0 Å². The Morgan fingerprint density at radius 1 is 1.29 bits per heavy atom. The number of aliphatic imine (C=N–C) groups is 1. The van der Waals surface area contributed by atoms with Gasteiger partial charge in [-0.2, -0.15) is 5.26 Å². The van der Waals surface area contributed by atoms with Gasteiger partial charge in [0.05, 0.1) is 18.2 Å². The molecule has 0 aliphatic carbocycles. The standard InChI is InChI=1S/C19H21FN4/c1-3-13(2)15-6-8-17(9-7-15)24-19(22)23-12-16-5-4-14(11-21)10-18(16)20/h4-10,13H,3,12H2,1-2H3,(H3,22,23,24). The number of halogens is 1. The number of nitrogens with two attached hydrogens (primary N) is 1. The zero-order valence-corrected chi connectivity index (χ0v) is 13.9. The molecule has 0 saturated carbocycles. The van der Waals surface area contributed by atoms with Crippen LogP contribution in [0.25, 0.3) is 0 Å². The van der Waals surface area contributed by atoms with Gasteiger partial charge in [-0.25, -0.2) is 9.38 Å². The lowest BCUT2D eigenvalue weighted by molar-refractivity contribution is 0.610. The average Bonchev–Trinajstić information content (AvgIpc) is 2.60. The minimum absolute atomic E-state index is 0.112. The fraction of sp³-hybridized carbons (Fsp3) is 0.263.